The van der Waals surface area contributed by atoms with E-state index >= 15 is 0 Å². The standard InChI is InChI=1S/C15H16FNO/c1-10-6-7-14(11(2)17-10)15(18)9-12-4-3-5-13(16)8-12/h3-8,15,18H,9H2,1-2H3. The summed E-state index contributed by atoms with van der Waals surface area (Å²) in [5.74, 6) is -0.279. The number of nitrogens with zero attached hydrogens (tertiary/aromatic N) is 1. The lowest BCUT2D eigenvalue weighted by Crippen LogP contribution is -2.05. The van der Waals surface area contributed by atoms with Crippen LogP contribution < -0.4 is 0 Å². The van der Waals surface area contributed by atoms with Crippen molar-refractivity contribution in [2.24, 2.45) is 0 Å². The van der Waals surface area contributed by atoms with Crippen LogP contribution in [0.15, 0.2) is 36.4 Å². The molecule has 0 aliphatic rings. The van der Waals surface area contributed by atoms with E-state index in [0.29, 0.717) is 6.42 Å². The summed E-state index contributed by atoms with van der Waals surface area (Å²) in [4.78, 5) is 4.32. The molecule has 1 N–H and O–H groups in total. The number of pyridine rings is 1. The molecule has 1 heterocycles. The summed E-state index contributed by atoms with van der Waals surface area (Å²) in [5, 5.41) is 10.2. The Balaban J connectivity index is 2.19. The zero-order valence-corrected chi connectivity index (χ0v) is 10.5. The minimum absolute atomic E-state index is 0.279. The number of aromatic nitrogens is 1. The van der Waals surface area contributed by atoms with Crippen LogP contribution in [-0.2, 0) is 6.42 Å². The molecule has 1 unspecified atom stereocenters. The van der Waals surface area contributed by atoms with Crippen LogP contribution in [0.4, 0.5) is 4.39 Å². The first-order valence-corrected chi connectivity index (χ1v) is 5.93. The van der Waals surface area contributed by atoms with Gasteiger partial charge in [-0.3, -0.25) is 4.98 Å². The summed E-state index contributed by atoms with van der Waals surface area (Å²) in [5.41, 5.74) is 3.32. The smallest absolute Gasteiger partial charge is 0.123 e. The number of rotatable bonds is 3. The fourth-order valence-electron chi connectivity index (χ4n) is 2.05. The quantitative estimate of drug-likeness (QED) is 0.901. The highest BCUT2D eigenvalue weighted by Crippen LogP contribution is 2.21. The Bertz CT molecular complexity index is 554. The second kappa shape index (κ2) is 5.27. The molecule has 1 aromatic carbocycles. The van der Waals surface area contributed by atoms with E-state index in [-0.39, 0.29) is 5.82 Å². The van der Waals surface area contributed by atoms with Gasteiger partial charge in [-0.1, -0.05) is 18.2 Å². The minimum Gasteiger partial charge on any atom is -0.388 e. The van der Waals surface area contributed by atoms with E-state index in [2.05, 4.69) is 4.98 Å². The van der Waals surface area contributed by atoms with Crippen molar-refractivity contribution in [2.75, 3.05) is 0 Å². The molecule has 0 saturated heterocycles. The van der Waals surface area contributed by atoms with Crippen LogP contribution in [0.1, 0.15) is 28.6 Å². The maximum Gasteiger partial charge on any atom is 0.123 e. The van der Waals surface area contributed by atoms with E-state index < -0.39 is 6.10 Å². The third kappa shape index (κ3) is 2.93. The molecular formula is C15H16FNO. The predicted octanol–water partition coefficient (Wildman–Crippen LogP) is 3.11. The number of aliphatic hydroxyl groups is 1. The molecule has 0 amide bonds. The third-order valence-corrected chi connectivity index (χ3v) is 2.94. The third-order valence-electron chi connectivity index (χ3n) is 2.94. The van der Waals surface area contributed by atoms with Gasteiger partial charge < -0.3 is 5.11 Å². The highest BCUT2D eigenvalue weighted by Gasteiger charge is 2.12. The predicted molar refractivity (Wildman–Crippen MR) is 68.8 cm³/mol. The molecule has 1 atom stereocenters. The van der Waals surface area contributed by atoms with Gasteiger partial charge in [0, 0.05) is 23.4 Å². The molecule has 3 heteroatoms. The highest BCUT2D eigenvalue weighted by atomic mass is 19.1. The van der Waals surface area contributed by atoms with E-state index in [9.17, 15) is 9.50 Å². The zero-order valence-electron chi connectivity index (χ0n) is 10.5. The second-order valence-electron chi connectivity index (χ2n) is 4.48. The average Bonchev–Trinajstić information content (AvgIpc) is 2.28. The van der Waals surface area contributed by atoms with E-state index in [0.717, 1.165) is 22.5 Å². The van der Waals surface area contributed by atoms with Gasteiger partial charge in [-0.2, -0.15) is 0 Å². The van der Waals surface area contributed by atoms with E-state index in [4.69, 9.17) is 0 Å². The van der Waals surface area contributed by atoms with Gasteiger partial charge >= 0.3 is 0 Å². The minimum atomic E-state index is -0.653. The van der Waals surface area contributed by atoms with Gasteiger partial charge in [0.25, 0.3) is 0 Å². The maximum absolute atomic E-state index is 13.1. The van der Waals surface area contributed by atoms with Gasteiger partial charge in [0.15, 0.2) is 0 Å². The van der Waals surface area contributed by atoms with Crippen molar-refractivity contribution in [1.82, 2.24) is 4.98 Å². The first-order valence-electron chi connectivity index (χ1n) is 5.93. The summed E-state index contributed by atoms with van der Waals surface area (Å²) in [6.07, 6.45) is -0.261. The van der Waals surface area contributed by atoms with Crippen molar-refractivity contribution in [3.05, 3.63) is 64.7 Å². The maximum atomic E-state index is 13.1. The van der Waals surface area contributed by atoms with Crippen molar-refractivity contribution in [3.63, 3.8) is 0 Å². The van der Waals surface area contributed by atoms with Crippen molar-refractivity contribution >= 4 is 0 Å². The monoisotopic (exact) mass is 245 g/mol. The largest absolute Gasteiger partial charge is 0.388 e. The molecule has 18 heavy (non-hydrogen) atoms. The van der Waals surface area contributed by atoms with E-state index in [1.807, 2.05) is 32.0 Å². The van der Waals surface area contributed by atoms with Gasteiger partial charge in [0.1, 0.15) is 5.82 Å². The van der Waals surface area contributed by atoms with Crippen LogP contribution in [0.25, 0.3) is 0 Å². The van der Waals surface area contributed by atoms with Crippen molar-refractivity contribution in [1.29, 1.82) is 0 Å². The van der Waals surface area contributed by atoms with Crippen molar-refractivity contribution in [3.8, 4) is 0 Å². The Morgan fingerprint density at radius 3 is 2.67 bits per heavy atom. The van der Waals surface area contributed by atoms with Crippen LogP contribution in [-0.4, -0.2) is 10.1 Å². The molecule has 0 saturated carbocycles. The Kier molecular flexibility index (Phi) is 3.72. The van der Waals surface area contributed by atoms with Crippen molar-refractivity contribution in [2.45, 2.75) is 26.4 Å². The van der Waals surface area contributed by atoms with Gasteiger partial charge in [-0.15, -0.1) is 0 Å². The number of aliphatic hydroxyl groups excluding tert-OH is 1. The van der Waals surface area contributed by atoms with Crippen LogP contribution in [0.5, 0.6) is 0 Å². The summed E-state index contributed by atoms with van der Waals surface area (Å²) in [6, 6.07) is 10.0. The van der Waals surface area contributed by atoms with Gasteiger partial charge in [-0.05, 0) is 37.6 Å². The summed E-state index contributed by atoms with van der Waals surface area (Å²) >= 11 is 0. The first-order chi connectivity index (χ1) is 8.56. The molecule has 0 aliphatic carbocycles. The molecule has 0 bridgehead atoms. The zero-order chi connectivity index (χ0) is 13.1. The van der Waals surface area contributed by atoms with Gasteiger partial charge in [0.2, 0.25) is 0 Å². The molecule has 2 aromatic rings. The normalized spacial score (nSPS) is 12.4. The van der Waals surface area contributed by atoms with E-state index in [1.54, 1.807) is 6.07 Å². The molecule has 0 fully saturated rings. The molecule has 0 spiro atoms. The molecule has 0 radical (unpaired) electrons. The topological polar surface area (TPSA) is 33.1 Å². The SMILES string of the molecule is Cc1ccc(C(O)Cc2cccc(F)c2)c(C)n1. The average molecular weight is 245 g/mol. The van der Waals surface area contributed by atoms with Crippen LogP contribution in [0.3, 0.4) is 0 Å². The Hall–Kier alpha value is -1.74. The van der Waals surface area contributed by atoms with Crippen LogP contribution in [0, 0.1) is 19.7 Å². The number of hydrogen-bond donors (Lipinski definition) is 1. The molecule has 0 aliphatic heterocycles. The molecule has 2 rings (SSSR count). The molecule has 2 nitrogen and oxygen atoms in total. The van der Waals surface area contributed by atoms with Crippen molar-refractivity contribution < 1.29 is 9.50 Å². The van der Waals surface area contributed by atoms with Gasteiger partial charge in [0.05, 0.1) is 6.10 Å². The summed E-state index contributed by atoms with van der Waals surface area (Å²) in [7, 11) is 0. The fraction of sp³-hybridized carbons (Fsp3) is 0.267. The highest BCUT2D eigenvalue weighted by molar-refractivity contribution is 5.26. The number of benzene rings is 1. The second-order valence-corrected chi connectivity index (χ2v) is 4.48. The number of halogens is 1. The number of hydrogen-bond acceptors (Lipinski definition) is 2. The molecule has 1 aromatic heterocycles. The lowest BCUT2D eigenvalue weighted by molar-refractivity contribution is 0.177. The fourth-order valence-corrected chi connectivity index (χ4v) is 2.05. The lowest BCUT2D eigenvalue weighted by Gasteiger charge is -2.13. The molecular weight excluding hydrogens is 229 g/mol. The Morgan fingerprint density at radius 2 is 2.00 bits per heavy atom. The Labute approximate surface area is 106 Å². The molecule has 94 valence electrons. The lowest BCUT2D eigenvalue weighted by atomic mass is 10.00. The summed E-state index contributed by atoms with van der Waals surface area (Å²) in [6.45, 7) is 3.78. The number of aryl methyl sites for hydroxylation is 2. The van der Waals surface area contributed by atoms with Crippen LogP contribution >= 0.6 is 0 Å². The summed E-state index contributed by atoms with van der Waals surface area (Å²) < 4.78 is 13.1. The first kappa shape index (κ1) is 12.7. The van der Waals surface area contributed by atoms with Crippen LogP contribution in [0.2, 0.25) is 0 Å². The van der Waals surface area contributed by atoms with Gasteiger partial charge in [-0.25, -0.2) is 4.39 Å². The van der Waals surface area contributed by atoms with E-state index in [1.165, 1.54) is 12.1 Å². The Morgan fingerprint density at radius 1 is 1.22 bits per heavy atom.